The Morgan fingerprint density at radius 2 is 1.40 bits per heavy atom. The molecule has 1 saturated heterocycles. The van der Waals surface area contributed by atoms with Crippen molar-refractivity contribution in [3.05, 3.63) is 95.5 Å². The molecule has 1 aliphatic rings. The van der Waals surface area contributed by atoms with Gasteiger partial charge in [-0.2, -0.15) is 0 Å². The molecule has 0 radical (unpaired) electrons. The van der Waals surface area contributed by atoms with Crippen LogP contribution in [-0.4, -0.2) is 42.9 Å². The van der Waals surface area contributed by atoms with Crippen LogP contribution in [0.1, 0.15) is 20.9 Å². The van der Waals surface area contributed by atoms with E-state index in [1.165, 1.54) is 11.0 Å². The molecule has 1 N–H and O–H groups in total. The van der Waals surface area contributed by atoms with Crippen LogP contribution < -0.4 is 10.2 Å². The third-order valence-electron chi connectivity index (χ3n) is 5.98. The molecule has 0 bridgehead atoms. The van der Waals surface area contributed by atoms with Crippen LogP contribution in [-0.2, 0) is 0 Å². The van der Waals surface area contributed by atoms with E-state index in [0.717, 1.165) is 18.2 Å². The number of piperazine rings is 1. The zero-order valence-corrected chi connectivity index (χ0v) is 18.4. The Balaban J connectivity index is 1.42. The number of fused-ring (bicyclic) bond motifs is 1. The van der Waals surface area contributed by atoms with E-state index in [1.807, 2.05) is 4.90 Å². The number of para-hydroxylation sites is 2. The topological polar surface area (TPSA) is 65.8 Å². The predicted octanol–water partition coefficient (Wildman–Crippen LogP) is 5.06. The number of hydrogen-bond donors (Lipinski definition) is 1. The smallest absolute Gasteiger partial charge is 0.291 e. The second-order valence-corrected chi connectivity index (χ2v) is 8.08. The summed E-state index contributed by atoms with van der Waals surface area (Å²) in [7, 11) is 0. The van der Waals surface area contributed by atoms with Gasteiger partial charge >= 0.3 is 0 Å². The summed E-state index contributed by atoms with van der Waals surface area (Å²) in [6, 6.07) is 16.2. The van der Waals surface area contributed by atoms with E-state index in [9.17, 15) is 22.8 Å². The standard InChI is InChI=1S/C26H20F3N3O3/c27-17-7-2-3-10-20(17)31-12-14-32(15-13-31)26(34)24-23(16-6-1-4-11-21(16)35-24)30-25(33)22-18(28)8-5-9-19(22)29/h1-11H,12-15H2,(H,30,33). The maximum Gasteiger partial charge on any atom is 0.291 e. The molecule has 1 fully saturated rings. The van der Waals surface area contributed by atoms with E-state index in [4.69, 9.17) is 4.42 Å². The molecule has 35 heavy (non-hydrogen) atoms. The summed E-state index contributed by atoms with van der Waals surface area (Å²) in [6.45, 7) is 1.38. The third kappa shape index (κ3) is 4.21. The van der Waals surface area contributed by atoms with E-state index >= 15 is 0 Å². The molecule has 5 rings (SSSR count). The first-order chi connectivity index (χ1) is 16.9. The molecular formula is C26H20F3N3O3. The van der Waals surface area contributed by atoms with Gasteiger partial charge in [-0.15, -0.1) is 0 Å². The van der Waals surface area contributed by atoms with Gasteiger partial charge in [0.05, 0.1) is 5.69 Å². The summed E-state index contributed by atoms with van der Waals surface area (Å²) in [5.41, 5.74) is 0.0813. The number of amides is 2. The van der Waals surface area contributed by atoms with Crippen molar-refractivity contribution in [2.24, 2.45) is 0 Å². The molecule has 0 atom stereocenters. The fraction of sp³-hybridized carbons (Fsp3) is 0.154. The third-order valence-corrected chi connectivity index (χ3v) is 5.98. The molecule has 3 aromatic carbocycles. The van der Waals surface area contributed by atoms with E-state index < -0.39 is 29.0 Å². The van der Waals surface area contributed by atoms with Crippen molar-refractivity contribution in [1.29, 1.82) is 0 Å². The predicted molar refractivity (Wildman–Crippen MR) is 125 cm³/mol. The molecular weight excluding hydrogens is 459 g/mol. The molecule has 4 aromatic rings. The first-order valence-electron chi connectivity index (χ1n) is 11.0. The van der Waals surface area contributed by atoms with Gasteiger partial charge in [-0.25, -0.2) is 13.2 Å². The van der Waals surface area contributed by atoms with E-state index in [-0.39, 0.29) is 17.3 Å². The number of nitrogens with one attached hydrogen (secondary N) is 1. The Morgan fingerprint density at radius 3 is 2.11 bits per heavy atom. The van der Waals surface area contributed by atoms with E-state index in [2.05, 4.69) is 5.32 Å². The fourth-order valence-electron chi connectivity index (χ4n) is 4.21. The Bertz CT molecular complexity index is 1410. The summed E-state index contributed by atoms with van der Waals surface area (Å²) >= 11 is 0. The molecule has 0 unspecified atom stereocenters. The molecule has 0 aliphatic carbocycles. The highest BCUT2D eigenvalue weighted by molar-refractivity contribution is 6.14. The summed E-state index contributed by atoms with van der Waals surface area (Å²) in [5, 5.41) is 2.90. The quantitative estimate of drug-likeness (QED) is 0.444. The van der Waals surface area contributed by atoms with Crippen LogP contribution in [0, 0.1) is 17.5 Å². The maximum absolute atomic E-state index is 14.2. The number of furan rings is 1. The van der Waals surface area contributed by atoms with Crippen LogP contribution in [0.4, 0.5) is 24.5 Å². The van der Waals surface area contributed by atoms with Gasteiger partial charge in [0.15, 0.2) is 0 Å². The zero-order valence-electron chi connectivity index (χ0n) is 18.4. The SMILES string of the molecule is O=C(Nc1c(C(=O)N2CCN(c3ccccc3F)CC2)oc2ccccc12)c1c(F)cccc1F. The van der Waals surface area contributed by atoms with Gasteiger partial charge in [0.25, 0.3) is 11.8 Å². The molecule has 9 heteroatoms. The summed E-state index contributed by atoms with van der Waals surface area (Å²) in [4.78, 5) is 29.6. The summed E-state index contributed by atoms with van der Waals surface area (Å²) < 4.78 is 48.3. The lowest BCUT2D eigenvalue weighted by Gasteiger charge is -2.35. The monoisotopic (exact) mass is 479 g/mol. The maximum atomic E-state index is 14.2. The molecule has 0 saturated carbocycles. The number of hydrogen-bond acceptors (Lipinski definition) is 4. The number of halogens is 3. The number of carbonyl (C=O) groups excluding carboxylic acids is 2. The van der Waals surface area contributed by atoms with Crippen molar-refractivity contribution in [3.8, 4) is 0 Å². The molecule has 1 aromatic heterocycles. The minimum absolute atomic E-state index is 0.0368. The first-order valence-corrected chi connectivity index (χ1v) is 11.0. The largest absolute Gasteiger partial charge is 0.449 e. The Hall–Kier alpha value is -4.27. The van der Waals surface area contributed by atoms with Crippen LogP contribution in [0.5, 0.6) is 0 Å². The van der Waals surface area contributed by atoms with Gasteiger partial charge in [0, 0.05) is 31.6 Å². The average molecular weight is 479 g/mol. The molecule has 2 heterocycles. The van der Waals surface area contributed by atoms with Gasteiger partial charge in [0.1, 0.15) is 34.3 Å². The van der Waals surface area contributed by atoms with Crippen molar-refractivity contribution in [2.45, 2.75) is 0 Å². The number of benzene rings is 3. The second kappa shape index (κ2) is 9.17. The van der Waals surface area contributed by atoms with Gasteiger partial charge < -0.3 is 19.5 Å². The second-order valence-electron chi connectivity index (χ2n) is 8.08. The van der Waals surface area contributed by atoms with Crippen LogP contribution >= 0.6 is 0 Å². The van der Waals surface area contributed by atoms with Crippen molar-refractivity contribution < 1.29 is 27.2 Å². The van der Waals surface area contributed by atoms with Crippen molar-refractivity contribution in [3.63, 3.8) is 0 Å². The Labute approximate surface area is 198 Å². The highest BCUT2D eigenvalue weighted by atomic mass is 19.1. The Morgan fingerprint density at radius 1 is 0.771 bits per heavy atom. The highest BCUT2D eigenvalue weighted by Crippen LogP contribution is 2.33. The normalized spacial score (nSPS) is 13.8. The van der Waals surface area contributed by atoms with Crippen molar-refractivity contribution >= 4 is 34.2 Å². The lowest BCUT2D eigenvalue weighted by Crippen LogP contribution is -2.49. The molecule has 178 valence electrons. The highest BCUT2D eigenvalue weighted by Gasteiger charge is 2.30. The van der Waals surface area contributed by atoms with Crippen LogP contribution in [0.2, 0.25) is 0 Å². The minimum Gasteiger partial charge on any atom is -0.449 e. The van der Waals surface area contributed by atoms with Crippen molar-refractivity contribution in [1.82, 2.24) is 4.90 Å². The summed E-state index contributed by atoms with van der Waals surface area (Å²) in [6.07, 6.45) is 0. The molecule has 2 amide bonds. The van der Waals surface area contributed by atoms with Gasteiger partial charge in [-0.05, 0) is 36.4 Å². The Kier molecular flexibility index (Phi) is 5.90. The van der Waals surface area contributed by atoms with Gasteiger partial charge in [-0.1, -0.05) is 30.3 Å². The fourth-order valence-corrected chi connectivity index (χ4v) is 4.21. The van der Waals surface area contributed by atoms with Gasteiger partial charge in [0.2, 0.25) is 5.76 Å². The van der Waals surface area contributed by atoms with E-state index in [0.29, 0.717) is 42.8 Å². The number of anilines is 2. The zero-order chi connectivity index (χ0) is 24.5. The summed E-state index contributed by atoms with van der Waals surface area (Å²) in [5.74, 6) is -4.05. The average Bonchev–Trinajstić information content (AvgIpc) is 3.22. The molecule has 0 spiro atoms. The first kappa shape index (κ1) is 22.5. The minimum atomic E-state index is -1.04. The number of carbonyl (C=O) groups is 2. The van der Waals surface area contributed by atoms with Gasteiger partial charge in [-0.3, -0.25) is 9.59 Å². The van der Waals surface area contributed by atoms with E-state index in [1.54, 1.807) is 42.5 Å². The number of rotatable bonds is 4. The molecule has 1 aliphatic heterocycles. The lowest BCUT2D eigenvalue weighted by atomic mass is 10.1. The number of nitrogens with zero attached hydrogens (tertiary/aromatic N) is 2. The molecule has 6 nitrogen and oxygen atoms in total. The van der Waals surface area contributed by atoms with Crippen LogP contribution in [0.15, 0.2) is 71.1 Å². The van der Waals surface area contributed by atoms with Crippen molar-refractivity contribution in [2.75, 3.05) is 36.4 Å². The van der Waals surface area contributed by atoms with Crippen LogP contribution in [0.3, 0.4) is 0 Å². The lowest BCUT2D eigenvalue weighted by molar-refractivity contribution is 0.0718. The van der Waals surface area contributed by atoms with Crippen LogP contribution in [0.25, 0.3) is 11.0 Å².